The van der Waals surface area contributed by atoms with Crippen LogP contribution >= 0.6 is 31.9 Å². The van der Waals surface area contributed by atoms with Crippen molar-refractivity contribution in [3.63, 3.8) is 0 Å². The summed E-state index contributed by atoms with van der Waals surface area (Å²) in [7, 11) is 0. The standard InChI is InChI=1S/C19H19Br2NO4/c1-4-26-19(25)15(11(3)22-12-7-5-10(2)6-8-12)16-14(23)9-13(20)18(24)17(16)21/h5-9,22-24H,4H2,1-3H3/b15-11+. The number of hydrogen-bond acceptors (Lipinski definition) is 5. The predicted octanol–water partition coefficient (Wildman–Crippen LogP) is 5.34. The second-order valence-electron chi connectivity index (χ2n) is 5.63. The number of allylic oxidation sites excluding steroid dienone is 1. The topological polar surface area (TPSA) is 78.8 Å². The van der Waals surface area contributed by atoms with Gasteiger partial charge in [0.25, 0.3) is 0 Å². The zero-order valence-electron chi connectivity index (χ0n) is 14.6. The van der Waals surface area contributed by atoms with E-state index < -0.39 is 5.97 Å². The Kier molecular flexibility index (Phi) is 6.72. The molecular weight excluding hydrogens is 466 g/mol. The van der Waals surface area contributed by atoms with Gasteiger partial charge in [-0.1, -0.05) is 17.7 Å². The number of aromatic hydroxyl groups is 2. The summed E-state index contributed by atoms with van der Waals surface area (Å²) in [5.41, 5.74) is 2.65. The Morgan fingerprint density at radius 3 is 2.38 bits per heavy atom. The molecule has 2 aromatic rings. The number of anilines is 1. The number of carbonyl (C=O) groups excluding carboxylic acids is 1. The molecule has 0 heterocycles. The van der Waals surface area contributed by atoms with Crippen LogP contribution in [0.15, 0.2) is 45.0 Å². The van der Waals surface area contributed by atoms with Gasteiger partial charge in [0.2, 0.25) is 0 Å². The van der Waals surface area contributed by atoms with E-state index in [1.165, 1.54) is 6.07 Å². The summed E-state index contributed by atoms with van der Waals surface area (Å²) in [4.78, 5) is 12.6. The summed E-state index contributed by atoms with van der Waals surface area (Å²) in [6.07, 6.45) is 0. The van der Waals surface area contributed by atoms with Gasteiger partial charge in [-0.25, -0.2) is 4.79 Å². The Morgan fingerprint density at radius 2 is 1.81 bits per heavy atom. The van der Waals surface area contributed by atoms with Gasteiger partial charge < -0.3 is 20.3 Å². The van der Waals surface area contributed by atoms with Gasteiger partial charge in [0.05, 0.1) is 26.7 Å². The van der Waals surface area contributed by atoms with Crippen molar-refractivity contribution in [2.45, 2.75) is 20.8 Å². The van der Waals surface area contributed by atoms with Gasteiger partial charge in [0, 0.05) is 11.4 Å². The summed E-state index contributed by atoms with van der Waals surface area (Å²) >= 11 is 6.41. The fourth-order valence-electron chi connectivity index (χ4n) is 2.40. The second-order valence-corrected chi connectivity index (χ2v) is 7.27. The van der Waals surface area contributed by atoms with Crippen molar-refractivity contribution in [1.29, 1.82) is 0 Å². The molecule has 5 nitrogen and oxygen atoms in total. The largest absolute Gasteiger partial charge is 0.507 e. The summed E-state index contributed by atoms with van der Waals surface area (Å²) in [5, 5.41) is 23.7. The monoisotopic (exact) mass is 483 g/mol. The lowest BCUT2D eigenvalue weighted by Gasteiger charge is -2.17. The van der Waals surface area contributed by atoms with Crippen LogP contribution in [0.1, 0.15) is 25.0 Å². The zero-order valence-corrected chi connectivity index (χ0v) is 17.7. The van der Waals surface area contributed by atoms with Gasteiger partial charge in [0.15, 0.2) is 0 Å². The van der Waals surface area contributed by atoms with E-state index in [0.717, 1.165) is 11.3 Å². The minimum absolute atomic E-state index is 0.122. The Morgan fingerprint density at radius 1 is 1.19 bits per heavy atom. The van der Waals surface area contributed by atoms with E-state index in [1.54, 1.807) is 13.8 Å². The molecule has 0 saturated heterocycles. The maximum atomic E-state index is 12.6. The summed E-state index contributed by atoms with van der Waals surface area (Å²) < 4.78 is 5.65. The number of rotatable bonds is 5. The molecule has 0 bridgehead atoms. The van der Waals surface area contributed by atoms with Crippen molar-refractivity contribution in [3.05, 3.63) is 56.1 Å². The molecule has 0 radical (unpaired) electrons. The smallest absolute Gasteiger partial charge is 0.340 e. The SMILES string of the molecule is CCOC(=O)/C(=C(\C)Nc1ccc(C)cc1)c1c(O)cc(Br)c(O)c1Br. The number of phenolic OH excluding ortho intramolecular Hbond substituents is 2. The highest BCUT2D eigenvalue weighted by Gasteiger charge is 2.26. The number of ether oxygens (including phenoxy) is 1. The molecule has 2 rings (SSSR count). The molecule has 26 heavy (non-hydrogen) atoms. The number of nitrogens with one attached hydrogen (secondary N) is 1. The van der Waals surface area contributed by atoms with E-state index in [0.29, 0.717) is 10.2 Å². The number of phenols is 2. The Hall–Kier alpha value is -1.99. The molecular formula is C19H19Br2NO4. The van der Waals surface area contributed by atoms with E-state index in [2.05, 4.69) is 37.2 Å². The van der Waals surface area contributed by atoms with Crippen LogP contribution in [0.5, 0.6) is 11.5 Å². The van der Waals surface area contributed by atoms with E-state index >= 15 is 0 Å². The van der Waals surface area contributed by atoms with Crippen LogP contribution in [0.4, 0.5) is 5.69 Å². The Balaban J connectivity index is 2.62. The second kappa shape index (κ2) is 8.60. The van der Waals surface area contributed by atoms with Gasteiger partial charge in [-0.15, -0.1) is 0 Å². The van der Waals surface area contributed by atoms with Crippen molar-refractivity contribution < 1.29 is 19.7 Å². The molecule has 7 heteroatoms. The van der Waals surface area contributed by atoms with E-state index in [4.69, 9.17) is 4.74 Å². The van der Waals surface area contributed by atoms with E-state index in [9.17, 15) is 15.0 Å². The fraction of sp³-hybridized carbons (Fsp3) is 0.211. The number of hydrogen-bond donors (Lipinski definition) is 3. The molecule has 0 aliphatic rings. The third kappa shape index (κ3) is 4.40. The van der Waals surface area contributed by atoms with Crippen molar-refractivity contribution in [1.82, 2.24) is 0 Å². The predicted molar refractivity (Wildman–Crippen MR) is 109 cm³/mol. The number of esters is 1. The first-order chi connectivity index (χ1) is 12.3. The molecule has 138 valence electrons. The number of aryl methyl sites for hydroxylation is 1. The minimum Gasteiger partial charge on any atom is -0.507 e. The van der Waals surface area contributed by atoms with Crippen LogP contribution in [-0.4, -0.2) is 22.8 Å². The first-order valence-corrected chi connectivity index (χ1v) is 9.46. The normalized spacial score (nSPS) is 11.7. The zero-order chi connectivity index (χ0) is 19.4. The first kappa shape index (κ1) is 20.3. The maximum absolute atomic E-state index is 12.6. The highest BCUT2D eigenvalue weighted by Crippen LogP contribution is 2.44. The van der Waals surface area contributed by atoms with Gasteiger partial charge in [-0.05, 0) is 70.8 Å². The Bertz CT molecular complexity index is 861. The first-order valence-electron chi connectivity index (χ1n) is 7.88. The van der Waals surface area contributed by atoms with Crippen molar-refractivity contribution in [2.24, 2.45) is 0 Å². The molecule has 0 spiro atoms. The van der Waals surface area contributed by atoms with Gasteiger partial charge in [-0.3, -0.25) is 0 Å². The molecule has 0 amide bonds. The molecule has 3 N–H and O–H groups in total. The molecule has 0 fully saturated rings. The molecule has 0 aromatic heterocycles. The lowest BCUT2D eigenvalue weighted by Crippen LogP contribution is -2.13. The van der Waals surface area contributed by atoms with Gasteiger partial charge in [0.1, 0.15) is 11.5 Å². The lowest BCUT2D eigenvalue weighted by atomic mass is 10.0. The third-order valence-electron chi connectivity index (χ3n) is 3.66. The highest BCUT2D eigenvalue weighted by molar-refractivity contribution is 9.11. The molecule has 0 aliphatic carbocycles. The molecule has 0 saturated carbocycles. The molecule has 0 aliphatic heterocycles. The average molecular weight is 485 g/mol. The van der Waals surface area contributed by atoms with E-state index in [-0.39, 0.29) is 33.7 Å². The van der Waals surface area contributed by atoms with Crippen LogP contribution in [0.25, 0.3) is 5.57 Å². The van der Waals surface area contributed by atoms with Crippen LogP contribution in [0.3, 0.4) is 0 Å². The van der Waals surface area contributed by atoms with Crippen LogP contribution in [0.2, 0.25) is 0 Å². The van der Waals surface area contributed by atoms with Crippen molar-refractivity contribution in [2.75, 3.05) is 11.9 Å². The summed E-state index contributed by atoms with van der Waals surface area (Å²) in [5.74, 6) is -0.903. The molecule has 0 unspecified atom stereocenters. The highest BCUT2D eigenvalue weighted by atomic mass is 79.9. The Labute approximate surface area is 169 Å². The fourth-order valence-corrected chi connectivity index (χ4v) is 3.69. The van der Waals surface area contributed by atoms with Crippen LogP contribution in [-0.2, 0) is 9.53 Å². The summed E-state index contributed by atoms with van der Waals surface area (Å²) in [6, 6.07) is 8.98. The van der Waals surface area contributed by atoms with Crippen LogP contribution < -0.4 is 5.32 Å². The van der Waals surface area contributed by atoms with Crippen molar-refractivity contribution in [3.8, 4) is 11.5 Å². The molecule has 2 aromatic carbocycles. The quantitative estimate of drug-likeness (QED) is 0.303. The minimum atomic E-state index is -0.609. The number of benzene rings is 2. The van der Waals surface area contributed by atoms with Crippen molar-refractivity contribution >= 4 is 49.1 Å². The summed E-state index contributed by atoms with van der Waals surface area (Å²) in [6.45, 7) is 5.57. The number of halogens is 2. The lowest BCUT2D eigenvalue weighted by molar-refractivity contribution is -0.136. The van der Waals surface area contributed by atoms with E-state index in [1.807, 2.05) is 31.2 Å². The van der Waals surface area contributed by atoms with Gasteiger partial charge in [-0.2, -0.15) is 0 Å². The molecule has 0 atom stereocenters. The van der Waals surface area contributed by atoms with Crippen LogP contribution in [0, 0.1) is 6.92 Å². The maximum Gasteiger partial charge on any atom is 0.340 e. The number of carbonyl (C=O) groups is 1. The average Bonchev–Trinajstić information content (AvgIpc) is 2.58. The van der Waals surface area contributed by atoms with Gasteiger partial charge >= 0.3 is 5.97 Å². The third-order valence-corrected chi connectivity index (χ3v) is 5.04.